The van der Waals surface area contributed by atoms with E-state index in [1.54, 1.807) is 17.0 Å². The van der Waals surface area contributed by atoms with Crippen LogP contribution in [0.1, 0.15) is 32.1 Å². The van der Waals surface area contributed by atoms with E-state index in [9.17, 15) is 9.59 Å². The summed E-state index contributed by atoms with van der Waals surface area (Å²) < 4.78 is 11.2. The third-order valence-corrected chi connectivity index (χ3v) is 4.35. The smallest absolute Gasteiger partial charge is 0.243 e. The van der Waals surface area contributed by atoms with Gasteiger partial charge in [0.25, 0.3) is 0 Å². The predicted octanol–water partition coefficient (Wildman–Crippen LogP) is 2.20. The van der Waals surface area contributed by atoms with Gasteiger partial charge < -0.3 is 19.7 Å². The van der Waals surface area contributed by atoms with Gasteiger partial charge in [0.1, 0.15) is 12.4 Å². The summed E-state index contributed by atoms with van der Waals surface area (Å²) >= 11 is 0. The van der Waals surface area contributed by atoms with E-state index in [1.165, 1.54) is 0 Å². The average Bonchev–Trinajstić information content (AvgIpc) is 3.10. The monoisotopic (exact) mass is 332 g/mol. The molecule has 130 valence electrons. The molecule has 0 bridgehead atoms. The second-order valence-corrected chi connectivity index (χ2v) is 6.29. The zero-order valence-electron chi connectivity index (χ0n) is 13.8. The molecule has 2 amide bonds. The largest absolute Gasteiger partial charge is 0.491 e. The number of nitrogens with zero attached hydrogens (tertiary/aromatic N) is 1. The van der Waals surface area contributed by atoms with Crippen LogP contribution in [0.15, 0.2) is 24.3 Å². The Labute approximate surface area is 142 Å². The first-order valence-electron chi connectivity index (χ1n) is 8.63. The van der Waals surface area contributed by atoms with E-state index in [0.717, 1.165) is 38.0 Å². The van der Waals surface area contributed by atoms with Crippen molar-refractivity contribution in [3.05, 3.63) is 24.3 Å². The number of piperidine rings is 1. The van der Waals surface area contributed by atoms with Gasteiger partial charge >= 0.3 is 0 Å². The van der Waals surface area contributed by atoms with Crippen molar-refractivity contribution in [2.24, 2.45) is 0 Å². The number of carbonyl (C=O) groups excluding carboxylic acids is 2. The van der Waals surface area contributed by atoms with Crippen LogP contribution in [0.25, 0.3) is 0 Å². The summed E-state index contributed by atoms with van der Waals surface area (Å²) in [5, 5.41) is 2.82. The van der Waals surface area contributed by atoms with Gasteiger partial charge in [0, 0.05) is 25.3 Å². The van der Waals surface area contributed by atoms with Gasteiger partial charge in [-0.1, -0.05) is 0 Å². The number of likely N-dealkylation sites (tertiary alicyclic amines) is 1. The van der Waals surface area contributed by atoms with Crippen molar-refractivity contribution in [3.63, 3.8) is 0 Å². The van der Waals surface area contributed by atoms with Gasteiger partial charge in [-0.25, -0.2) is 0 Å². The highest BCUT2D eigenvalue weighted by Crippen LogP contribution is 2.18. The topological polar surface area (TPSA) is 67.9 Å². The average molecular weight is 332 g/mol. The Kier molecular flexibility index (Phi) is 5.69. The number of benzene rings is 1. The molecule has 6 heteroatoms. The SMILES string of the molecule is O=C(CN1CCCCC1=O)Nc1ccc(OCC2CCCO2)cc1. The van der Waals surface area contributed by atoms with Gasteiger partial charge in [0.05, 0.1) is 12.6 Å². The van der Waals surface area contributed by atoms with Crippen LogP contribution in [0.5, 0.6) is 5.75 Å². The van der Waals surface area contributed by atoms with Gasteiger partial charge in [-0.15, -0.1) is 0 Å². The highest BCUT2D eigenvalue weighted by atomic mass is 16.5. The zero-order valence-corrected chi connectivity index (χ0v) is 13.8. The van der Waals surface area contributed by atoms with Crippen molar-refractivity contribution in [2.75, 3.05) is 31.6 Å². The van der Waals surface area contributed by atoms with Crippen molar-refractivity contribution in [3.8, 4) is 5.75 Å². The lowest BCUT2D eigenvalue weighted by molar-refractivity contribution is -0.136. The van der Waals surface area contributed by atoms with Crippen molar-refractivity contribution < 1.29 is 19.1 Å². The summed E-state index contributed by atoms with van der Waals surface area (Å²) in [7, 11) is 0. The summed E-state index contributed by atoms with van der Waals surface area (Å²) in [6.07, 6.45) is 4.76. The van der Waals surface area contributed by atoms with Crippen molar-refractivity contribution in [1.82, 2.24) is 4.90 Å². The minimum atomic E-state index is -0.168. The molecule has 1 atom stereocenters. The maximum absolute atomic E-state index is 12.1. The number of anilines is 1. The molecule has 3 rings (SSSR count). The highest BCUT2D eigenvalue weighted by Gasteiger charge is 2.20. The Hall–Kier alpha value is -2.08. The molecule has 2 aliphatic heterocycles. The zero-order chi connectivity index (χ0) is 16.8. The fourth-order valence-corrected chi connectivity index (χ4v) is 3.00. The molecule has 0 spiro atoms. The summed E-state index contributed by atoms with van der Waals surface area (Å²) in [5.74, 6) is 0.655. The molecule has 1 aromatic carbocycles. The maximum atomic E-state index is 12.1. The van der Waals surface area contributed by atoms with Crippen LogP contribution in [0.3, 0.4) is 0 Å². The number of nitrogens with one attached hydrogen (secondary N) is 1. The van der Waals surface area contributed by atoms with E-state index in [4.69, 9.17) is 9.47 Å². The maximum Gasteiger partial charge on any atom is 0.243 e. The van der Waals surface area contributed by atoms with Crippen LogP contribution in [-0.2, 0) is 14.3 Å². The summed E-state index contributed by atoms with van der Waals surface area (Å²) in [6, 6.07) is 7.27. The molecule has 2 heterocycles. The Morgan fingerprint density at radius 1 is 1.25 bits per heavy atom. The molecule has 1 aromatic rings. The minimum absolute atomic E-state index is 0.0641. The Bertz CT molecular complexity index is 567. The molecule has 2 aliphatic rings. The van der Waals surface area contributed by atoms with Gasteiger partial charge in [0.15, 0.2) is 0 Å². The minimum Gasteiger partial charge on any atom is -0.491 e. The molecular formula is C18H24N2O4. The molecule has 6 nitrogen and oxygen atoms in total. The quantitative estimate of drug-likeness (QED) is 0.867. The van der Waals surface area contributed by atoms with Crippen molar-refractivity contribution >= 4 is 17.5 Å². The molecule has 24 heavy (non-hydrogen) atoms. The molecule has 1 unspecified atom stereocenters. The summed E-state index contributed by atoms with van der Waals surface area (Å²) in [4.78, 5) is 25.4. The molecule has 1 N–H and O–H groups in total. The van der Waals surface area contributed by atoms with Crippen LogP contribution < -0.4 is 10.1 Å². The number of hydrogen-bond donors (Lipinski definition) is 1. The highest BCUT2D eigenvalue weighted by molar-refractivity contribution is 5.94. The van der Waals surface area contributed by atoms with E-state index in [2.05, 4.69) is 5.32 Å². The number of ether oxygens (including phenoxy) is 2. The van der Waals surface area contributed by atoms with E-state index in [1.807, 2.05) is 12.1 Å². The summed E-state index contributed by atoms with van der Waals surface area (Å²) in [5.41, 5.74) is 0.703. The lowest BCUT2D eigenvalue weighted by Gasteiger charge is -2.25. The first-order chi connectivity index (χ1) is 11.7. The molecule has 2 saturated heterocycles. The third-order valence-electron chi connectivity index (χ3n) is 4.35. The van der Waals surface area contributed by atoms with Crippen molar-refractivity contribution in [2.45, 2.75) is 38.2 Å². The van der Waals surface area contributed by atoms with Gasteiger partial charge in [-0.3, -0.25) is 9.59 Å². The molecule has 0 aromatic heterocycles. The second-order valence-electron chi connectivity index (χ2n) is 6.29. The molecular weight excluding hydrogens is 308 g/mol. The predicted molar refractivity (Wildman–Crippen MR) is 90.0 cm³/mol. The van der Waals surface area contributed by atoms with Gasteiger partial charge in [-0.2, -0.15) is 0 Å². The number of rotatable bonds is 6. The number of hydrogen-bond acceptors (Lipinski definition) is 4. The van der Waals surface area contributed by atoms with Crippen LogP contribution >= 0.6 is 0 Å². The molecule has 0 saturated carbocycles. The van der Waals surface area contributed by atoms with Crippen LogP contribution in [0.4, 0.5) is 5.69 Å². The van der Waals surface area contributed by atoms with E-state index < -0.39 is 0 Å². The van der Waals surface area contributed by atoms with Crippen molar-refractivity contribution in [1.29, 1.82) is 0 Å². The second kappa shape index (κ2) is 8.15. The first kappa shape index (κ1) is 16.8. The van der Waals surface area contributed by atoms with Crippen LogP contribution in [0.2, 0.25) is 0 Å². The normalized spacial score (nSPS) is 20.9. The fraction of sp³-hybridized carbons (Fsp3) is 0.556. The number of amides is 2. The van der Waals surface area contributed by atoms with E-state index in [-0.39, 0.29) is 24.5 Å². The Morgan fingerprint density at radius 3 is 2.79 bits per heavy atom. The van der Waals surface area contributed by atoms with Gasteiger partial charge in [-0.05, 0) is 49.9 Å². The summed E-state index contributed by atoms with van der Waals surface area (Å²) in [6.45, 7) is 2.17. The third kappa shape index (κ3) is 4.71. The fourth-order valence-electron chi connectivity index (χ4n) is 3.00. The standard InChI is InChI=1S/C18H24N2O4/c21-17(12-20-10-2-1-5-18(20)22)19-14-6-8-15(9-7-14)24-13-16-4-3-11-23-16/h6-9,16H,1-5,10-13H2,(H,19,21). The first-order valence-corrected chi connectivity index (χ1v) is 8.63. The van der Waals surface area contributed by atoms with E-state index in [0.29, 0.717) is 25.3 Å². The van der Waals surface area contributed by atoms with E-state index >= 15 is 0 Å². The van der Waals surface area contributed by atoms with Crippen LogP contribution in [-0.4, -0.2) is 49.1 Å². The lowest BCUT2D eigenvalue weighted by atomic mass is 10.1. The lowest BCUT2D eigenvalue weighted by Crippen LogP contribution is -2.40. The van der Waals surface area contributed by atoms with Crippen LogP contribution in [0, 0.1) is 0 Å². The molecule has 0 aliphatic carbocycles. The Balaban J connectivity index is 1.44. The molecule has 2 fully saturated rings. The Morgan fingerprint density at radius 2 is 2.08 bits per heavy atom. The van der Waals surface area contributed by atoms with Gasteiger partial charge in [0.2, 0.25) is 11.8 Å². The molecule has 0 radical (unpaired) electrons. The number of carbonyl (C=O) groups is 2.